The molecule has 29 heavy (non-hydrogen) atoms. The lowest BCUT2D eigenvalue weighted by atomic mass is 10.1. The molecule has 152 valence electrons. The minimum Gasteiger partial charge on any atom is -0.494 e. The van der Waals surface area contributed by atoms with E-state index in [4.69, 9.17) is 9.47 Å². The number of ether oxygens (including phenoxy) is 2. The first-order valence-corrected chi connectivity index (χ1v) is 11.1. The third-order valence-corrected chi connectivity index (χ3v) is 5.98. The van der Waals surface area contributed by atoms with E-state index in [9.17, 15) is 9.59 Å². The highest BCUT2D eigenvalue weighted by molar-refractivity contribution is 7.98. The number of carbonyl (C=O) groups excluding carboxylic acids is 2. The van der Waals surface area contributed by atoms with Crippen molar-refractivity contribution in [3.8, 4) is 5.75 Å². The number of rotatable bonds is 7. The first kappa shape index (κ1) is 21.1. The van der Waals surface area contributed by atoms with Crippen LogP contribution in [-0.4, -0.2) is 36.4 Å². The molecule has 0 fully saturated rings. The fourth-order valence-electron chi connectivity index (χ4n) is 2.80. The van der Waals surface area contributed by atoms with E-state index in [0.29, 0.717) is 11.4 Å². The Kier molecular flexibility index (Phi) is 7.11. The quantitative estimate of drug-likeness (QED) is 0.423. The Hall–Kier alpha value is -2.58. The lowest BCUT2D eigenvalue weighted by Crippen LogP contribution is -2.22. The standard InChI is InChI=1S/C21H22N2O4S2/c1-4-27-15-7-5-14(6-8-15)11-19(24)22-21-23(13-20(25)26-2)17-10-9-16(28-3)12-18(17)29-21/h5-10,12H,4,11,13H2,1-3H3. The molecule has 0 saturated heterocycles. The van der Waals surface area contributed by atoms with Gasteiger partial charge in [-0.05, 0) is 49.1 Å². The van der Waals surface area contributed by atoms with Crippen LogP contribution in [0.1, 0.15) is 12.5 Å². The van der Waals surface area contributed by atoms with Crippen molar-refractivity contribution in [3.63, 3.8) is 0 Å². The number of aromatic nitrogens is 1. The molecule has 2 aromatic carbocycles. The third kappa shape index (κ3) is 5.27. The van der Waals surface area contributed by atoms with Gasteiger partial charge in [-0.1, -0.05) is 23.5 Å². The van der Waals surface area contributed by atoms with Crippen LogP contribution in [0.5, 0.6) is 5.75 Å². The summed E-state index contributed by atoms with van der Waals surface area (Å²) >= 11 is 3.02. The molecule has 0 aliphatic carbocycles. The monoisotopic (exact) mass is 430 g/mol. The van der Waals surface area contributed by atoms with Gasteiger partial charge in [0.1, 0.15) is 12.3 Å². The van der Waals surface area contributed by atoms with Gasteiger partial charge in [0.2, 0.25) is 0 Å². The van der Waals surface area contributed by atoms with Crippen LogP contribution >= 0.6 is 23.1 Å². The van der Waals surface area contributed by atoms with Gasteiger partial charge in [-0.3, -0.25) is 9.59 Å². The van der Waals surface area contributed by atoms with Gasteiger partial charge in [-0.2, -0.15) is 4.99 Å². The zero-order valence-corrected chi connectivity index (χ0v) is 18.1. The second-order valence-electron chi connectivity index (χ2n) is 6.14. The highest BCUT2D eigenvalue weighted by Gasteiger charge is 2.12. The number of methoxy groups -OCH3 is 1. The van der Waals surface area contributed by atoms with E-state index in [2.05, 4.69) is 4.99 Å². The summed E-state index contributed by atoms with van der Waals surface area (Å²) in [4.78, 5) is 30.3. The lowest BCUT2D eigenvalue weighted by Gasteiger charge is -2.05. The van der Waals surface area contributed by atoms with Crippen LogP contribution in [0.25, 0.3) is 10.2 Å². The van der Waals surface area contributed by atoms with Gasteiger partial charge < -0.3 is 14.0 Å². The van der Waals surface area contributed by atoms with Gasteiger partial charge in [0, 0.05) is 4.90 Å². The highest BCUT2D eigenvalue weighted by Crippen LogP contribution is 2.24. The van der Waals surface area contributed by atoms with Gasteiger partial charge in [0.25, 0.3) is 5.91 Å². The third-order valence-electron chi connectivity index (χ3n) is 4.21. The first-order chi connectivity index (χ1) is 14.0. The normalized spacial score (nSPS) is 11.6. The Morgan fingerprint density at radius 1 is 1.17 bits per heavy atom. The summed E-state index contributed by atoms with van der Waals surface area (Å²) in [6, 6.07) is 13.4. The van der Waals surface area contributed by atoms with Crippen molar-refractivity contribution in [2.75, 3.05) is 20.0 Å². The molecule has 3 rings (SSSR count). The van der Waals surface area contributed by atoms with Crippen molar-refractivity contribution in [1.82, 2.24) is 4.57 Å². The van der Waals surface area contributed by atoms with E-state index in [1.807, 2.05) is 55.6 Å². The molecule has 6 nitrogen and oxygen atoms in total. The number of benzene rings is 2. The number of carbonyl (C=O) groups is 2. The second-order valence-corrected chi connectivity index (χ2v) is 8.03. The molecule has 1 heterocycles. The molecule has 0 radical (unpaired) electrons. The molecule has 3 aromatic rings. The van der Waals surface area contributed by atoms with Gasteiger partial charge >= 0.3 is 5.97 Å². The van der Waals surface area contributed by atoms with E-state index < -0.39 is 0 Å². The molecule has 8 heteroatoms. The van der Waals surface area contributed by atoms with Crippen LogP contribution in [0, 0.1) is 0 Å². The Bertz CT molecular complexity index is 1080. The van der Waals surface area contributed by atoms with Crippen molar-refractivity contribution in [2.45, 2.75) is 24.8 Å². The predicted molar refractivity (Wildman–Crippen MR) is 115 cm³/mol. The van der Waals surface area contributed by atoms with Crippen molar-refractivity contribution in [1.29, 1.82) is 0 Å². The molecule has 0 aliphatic heterocycles. The largest absolute Gasteiger partial charge is 0.494 e. The zero-order chi connectivity index (χ0) is 20.8. The number of hydrogen-bond acceptors (Lipinski definition) is 6. The fourth-order valence-corrected chi connectivity index (χ4v) is 4.40. The number of esters is 1. The molecule has 0 atom stereocenters. The summed E-state index contributed by atoms with van der Waals surface area (Å²) in [5, 5.41) is 0. The lowest BCUT2D eigenvalue weighted by molar-refractivity contribution is -0.141. The van der Waals surface area contributed by atoms with E-state index in [-0.39, 0.29) is 24.8 Å². The van der Waals surface area contributed by atoms with Crippen molar-refractivity contribution < 1.29 is 19.1 Å². The van der Waals surface area contributed by atoms with Gasteiger partial charge in [0.05, 0.1) is 30.4 Å². The van der Waals surface area contributed by atoms with E-state index >= 15 is 0 Å². The number of thioether (sulfide) groups is 1. The highest BCUT2D eigenvalue weighted by atomic mass is 32.2. The molecule has 0 saturated carbocycles. The van der Waals surface area contributed by atoms with Crippen LogP contribution in [0.15, 0.2) is 52.4 Å². The predicted octanol–water partition coefficient (Wildman–Crippen LogP) is 3.67. The minimum absolute atomic E-state index is 0.00425. The smallest absolute Gasteiger partial charge is 0.325 e. The van der Waals surface area contributed by atoms with Crippen LogP contribution in [0.2, 0.25) is 0 Å². The maximum Gasteiger partial charge on any atom is 0.325 e. The number of fused-ring (bicyclic) bond motifs is 1. The summed E-state index contributed by atoms with van der Waals surface area (Å²) < 4.78 is 12.9. The summed E-state index contributed by atoms with van der Waals surface area (Å²) in [5.74, 6) is 0.106. The van der Waals surface area contributed by atoms with Crippen LogP contribution < -0.4 is 9.54 Å². The van der Waals surface area contributed by atoms with Crippen molar-refractivity contribution in [2.24, 2.45) is 4.99 Å². The molecule has 0 bridgehead atoms. The molecule has 0 aliphatic rings. The van der Waals surface area contributed by atoms with E-state index in [0.717, 1.165) is 26.4 Å². The Balaban J connectivity index is 1.93. The SMILES string of the molecule is CCOc1ccc(CC(=O)N=c2sc3cc(SC)ccc3n2CC(=O)OC)cc1. The molecule has 0 unspecified atom stereocenters. The maximum atomic E-state index is 12.6. The van der Waals surface area contributed by atoms with Crippen LogP contribution in [0.3, 0.4) is 0 Å². The average molecular weight is 431 g/mol. The maximum absolute atomic E-state index is 12.6. The summed E-state index contributed by atoms with van der Waals surface area (Å²) in [7, 11) is 1.34. The average Bonchev–Trinajstić information content (AvgIpc) is 3.05. The summed E-state index contributed by atoms with van der Waals surface area (Å²) in [5.41, 5.74) is 1.71. The fraction of sp³-hybridized carbons (Fsp3) is 0.286. The van der Waals surface area contributed by atoms with Gasteiger partial charge in [0.15, 0.2) is 4.80 Å². The minimum atomic E-state index is -0.390. The number of amides is 1. The molecular formula is C21H22N2O4S2. The number of thiazole rings is 1. The van der Waals surface area contributed by atoms with E-state index in [1.165, 1.54) is 18.4 Å². The Morgan fingerprint density at radius 2 is 1.93 bits per heavy atom. The van der Waals surface area contributed by atoms with Crippen molar-refractivity contribution >= 4 is 45.2 Å². The van der Waals surface area contributed by atoms with E-state index in [1.54, 1.807) is 16.3 Å². The molecule has 1 amide bonds. The summed E-state index contributed by atoms with van der Waals surface area (Å²) in [6.45, 7) is 2.52. The summed E-state index contributed by atoms with van der Waals surface area (Å²) in [6.07, 6.45) is 2.18. The molecule has 0 N–H and O–H groups in total. The van der Waals surface area contributed by atoms with Crippen molar-refractivity contribution in [3.05, 3.63) is 52.8 Å². The number of nitrogens with zero attached hydrogens (tertiary/aromatic N) is 2. The Morgan fingerprint density at radius 3 is 2.59 bits per heavy atom. The van der Waals surface area contributed by atoms with Gasteiger partial charge in [-0.25, -0.2) is 0 Å². The topological polar surface area (TPSA) is 69.9 Å². The number of hydrogen-bond donors (Lipinski definition) is 0. The van der Waals surface area contributed by atoms with Gasteiger partial charge in [-0.15, -0.1) is 11.8 Å². The second kappa shape index (κ2) is 9.76. The van der Waals surface area contributed by atoms with Crippen LogP contribution in [-0.2, 0) is 27.3 Å². The molecule has 1 aromatic heterocycles. The van der Waals surface area contributed by atoms with Crippen LogP contribution in [0.4, 0.5) is 0 Å². The zero-order valence-electron chi connectivity index (χ0n) is 16.5. The molecular weight excluding hydrogens is 408 g/mol. The molecule has 0 spiro atoms. The Labute approximate surface area is 177 Å². The first-order valence-electron chi connectivity index (χ1n) is 9.07.